The lowest BCUT2D eigenvalue weighted by Gasteiger charge is -2.19. The summed E-state index contributed by atoms with van der Waals surface area (Å²) in [5.41, 5.74) is 4.23. The average molecular weight is 458 g/mol. The average Bonchev–Trinajstić information content (AvgIpc) is 3.11. The number of hydrogen-bond acceptors (Lipinski definition) is 6. The van der Waals surface area contributed by atoms with E-state index in [-0.39, 0.29) is 5.91 Å². The molecule has 0 aliphatic rings. The molecule has 170 valence electrons. The molecule has 0 aliphatic heterocycles. The minimum absolute atomic E-state index is 0.00445. The molecule has 3 rings (SSSR count). The van der Waals surface area contributed by atoms with Crippen molar-refractivity contribution in [2.45, 2.75) is 33.2 Å². The second kappa shape index (κ2) is 11.4. The smallest absolute Gasteiger partial charge is 0.414 e. The van der Waals surface area contributed by atoms with E-state index >= 15 is 0 Å². The van der Waals surface area contributed by atoms with Crippen LogP contribution in [0.2, 0.25) is 0 Å². The third-order valence-electron chi connectivity index (χ3n) is 4.53. The van der Waals surface area contributed by atoms with Gasteiger partial charge in [0, 0.05) is 5.69 Å². The van der Waals surface area contributed by atoms with Gasteiger partial charge in [-0.3, -0.25) is 9.69 Å². The van der Waals surface area contributed by atoms with Gasteiger partial charge < -0.3 is 15.5 Å². The Labute approximate surface area is 190 Å². The zero-order valence-electron chi connectivity index (χ0n) is 18.5. The molecule has 0 unspecified atom stereocenters. The minimum Gasteiger partial charge on any atom is -0.473 e. The number of nitrogens with zero attached hydrogens (tertiary/aromatic N) is 2. The molecule has 8 nitrogen and oxygen atoms in total. The van der Waals surface area contributed by atoms with Crippen molar-refractivity contribution >= 4 is 45.1 Å². The number of thiazole rings is 1. The molecule has 0 atom stereocenters. The quantitative estimate of drug-likeness (QED) is 0.479. The van der Waals surface area contributed by atoms with Gasteiger partial charge >= 0.3 is 11.9 Å². The number of carbonyl (C=O) groups excluding carboxylic acids is 1. The number of carboxylic acids is 2. The third kappa shape index (κ3) is 7.14. The highest BCUT2D eigenvalue weighted by atomic mass is 32.1. The Bertz CT molecular complexity index is 1060. The summed E-state index contributed by atoms with van der Waals surface area (Å²) in [6.07, 6.45) is 0. The van der Waals surface area contributed by atoms with Crippen LogP contribution in [0.15, 0.2) is 42.5 Å². The van der Waals surface area contributed by atoms with Gasteiger partial charge in [0.25, 0.3) is 0 Å². The third-order valence-corrected chi connectivity index (χ3v) is 5.55. The molecule has 0 fully saturated rings. The highest BCUT2D eigenvalue weighted by Gasteiger charge is 2.14. The number of rotatable bonds is 6. The molecule has 0 saturated heterocycles. The number of likely N-dealkylation sites (N-methyl/N-ethyl adjacent to an activating group) is 1. The van der Waals surface area contributed by atoms with Crippen LogP contribution < -0.4 is 5.32 Å². The fourth-order valence-electron chi connectivity index (χ4n) is 3.04. The summed E-state index contributed by atoms with van der Waals surface area (Å²) in [4.78, 5) is 37.4. The van der Waals surface area contributed by atoms with Gasteiger partial charge in [-0.2, -0.15) is 0 Å². The number of aliphatic carboxylic acids is 2. The Balaban J connectivity index is 0.000000534. The number of para-hydroxylation sites is 2. The molecular formula is C23H27N3O5S. The van der Waals surface area contributed by atoms with Crippen LogP contribution in [-0.4, -0.2) is 51.5 Å². The molecule has 3 aromatic rings. The monoisotopic (exact) mass is 457 g/mol. The zero-order valence-corrected chi connectivity index (χ0v) is 19.3. The molecule has 0 saturated carbocycles. The Morgan fingerprint density at radius 1 is 1.06 bits per heavy atom. The summed E-state index contributed by atoms with van der Waals surface area (Å²) >= 11 is 1.68. The van der Waals surface area contributed by atoms with Crippen LogP contribution in [-0.2, 0) is 20.9 Å². The number of amides is 1. The predicted octanol–water partition coefficient (Wildman–Crippen LogP) is 3.95. The molecule has 9 heteroatoms. The molecule has 0 spiro atoms. The maximum atomic E-state index is 12.5. The molecule has 0 radical (unpaired) electrons. The second-order valence-electron chi connectivity index (χ2n) is 7.60. The van der Waals surface area contributed by atoms with E-state index in [9.17, 15) is 4.79 Å². The number of fused-ring (bicyclic) bond motifs is 1. The molecule has 0 bridgehead atoms. The van der Waals surface area contributed by atoms with Gasteiger partial charge in [0.05, 0.1) is 23.3 Å². The first-order valence-electron chi connectivity index (χ1n) is 9.97. The number of carboxylic acid groups (broad SMARTS) is 2. The van der Waals surface area contributed by atoms with Crippen molar-refractivity contribution in [2.75, 3.05) is 18.9 Å². The van der Waals surface area contributed by atoms with Crippen LogP contribution in [0.3, 0.4) is 0 Å². The Kier molecular flexibility index (Phi) is 8.86. The van der Waals surface area contributed by atoms with E-state index in [4.69, 9.17) is 19.8 Å². The summed E-state index contributed by atoms with van der Waals surface area (Å²) in [5, 5.41) is 18.9. The highest BCUT2D eigenvalue weighted by molar-refractivity contribution is 7.18. The maximum absolute atomic E-state index is 12.5. The van der Waals surface area contributed by atoms with Gasteiger partial charge in [0.15, 0.2) is 0 Å². The number of hydrogen-bond donors (Lipinski definition) is 3. The maximum Gasteiger partial charge on any atom is 0.414 e. The van der Waals surface area contributed by atoms with Gasteiger partial charge in [-0.05, 0) is 43.1 Å². The molecule has 0 aliphatic carbocycles. The number of anilines is 1. The van der Waals surface area contributed by atoms with E-state index in [1.165, 1.54) is 10.3 Å². The fourth-order valence-corrected chi connectivity index (χ4v) is 4.09. The van der Waals surface area contributed by atoms with Crippen LogP contribution in [0.1, 0.15) is 35.9 Å². The van der Waals surface area contributed by atoms with E-state index in [1.54, 1.807) is 11.3 Å². The SMILES string of the molecule is Cc1cccc(C(C)C)c1NC(=O)CN(C)Cc1nc2ccccc2s1.O=C(O)C(=O)O. The van der Waals surface area contributed by atoms with Crippen molar-refractivity contribution in [3.8, 4) is 0 Å². The van der Waals surface area contributed by atoms with Crippen molar-refractivity contribution in [1.29, 1.82) is 0 Å². The van der Waals surface area contributed by atoms with Gasteiger partial charge in [0.2, 0.25) is 5.91 Å². The Hall–Kier alpha value is -3.30. The van der Waals surface area contributed by atoms with Crippen molar-refractivity contribution in [3.63, 3.8) is 0 Å². The Morgan fingerprint density at radius 2 is 1.72 bits per heavy atom. The summed E-state index contributed by atoms with van der Waals surface area (Å²) in [7, 11) is 1.95. The zero-order chi connectivity index (χ0) is 23.8. The molecule has 2 aromatic carbocycles. The molecule has 32 heavy (non-hydrogen) atoms. The van der Waals surface area contributed by atoms with Crippen molar-refractivity contribution in [2.24, 2.45) is 0 Å². The number of benzene rings is 2. The number of nitrogens with one attached hydrogen (secondary N) is 1. The molecule has 3 N–H and O–H groups in total. The fraction of sp³-hybridized carbons (Fsp3) is 0.304. The molecule has 1 heterocycles. The largest absolute Gasteiger partial charge is 0.473 e. The van der Waals surface area contributed by atoms with Crippen molar-refractivity contribution in [3.05, 3.63) is 58.6 Å². The molecule has 1 amide bonds. The van der Waals surface area contributed by atoms with Gasteiger partial charge in [-0.25, -0.2) is 14.6 Å². The number of carbonyl (C=O) groups is 3. The van der Waals surface area contributed by atoms with Crippen LogP contribution in [0.4, 0.5) is 5.69 Å². The summed E-state index contributed by atoms with van der Waals surface area (Å²) in [6, 6.07) is 14.3. The van der Waals surface area contributed by atoms with Crippen molar-refractivity contribution in [1.82, 2.24) is 9.88 Å². The van der Waals surface area contributed by atoms with Crippen molar-refractivity contribution < 1.29 is 24.6 Å². The first-order valence-corrected chi connectivity index (χ1v) is 10.8. The lowest BCUT2D eigenvalue weighted by atomic mass is 9.98. The standard InChI is InChI=1S/C21H25N3OS.C2H2O4/c1-14(2)16-9-7-8-15(3)21(16)23-19(25)12-24(4)13-20-22-17-10-5-6-11-18(17)26-20;3-1(4)2(5)6/h5-11,14H,12-13H2,1-4H3,(H,23,25);(H,3,4)(H,5,6). The van der Waals surface area contributed by atoms with E-state index in [2.05, 4.69) is 36.3 Å². The van der Waals surface area contributed by atoms with Crippen LogP contribution >= 0.6 is 11.3 Å². The number of aryl methyl sites for hydroxylation is 1. The topological polar surface area (TPSA) is 120 Å². The van der Waals surface area contributed by atoms with Crippen LogP contribution in [0.5, 0.6) is 0 Å². The lowest BCUT2D eigenvalue weighted by Crippen LogP contribution is -2.30. The first-order chi connectivity index (χ1) is 15.1. The Morgan fingerprint density at radius 3 is 2.31 bits per heavy atom. The minimum atomic E-state index is -1.82. The summed E-state index contributed by atoms with van der Waals surface area (Å²) in [5.74, 6) is -3.28. The lowest BCUT2D eigenvalue weighted by molar-refractivity contribution is -0.159. The van der Waals surface area contributed by atoms with E-state index in [0.717, 1.165) is 21.8 Å². The first kappa shape index (κ1) is 25.0. The van der Waals surface area contributed by atoms with E-state index in [1.807, 2.05) is 49.2 Å². The summed E-state index contributed by atoms with van der Waals surface area (Å²) < 4.78 is 1.18. The van der Waals surface area contributed by atoms with Crippen LogP contribution in [0, 0.1) is 6.92 Å². The highest BCUT2D eigenvalue weighted by Crippen LogP contribution is 2.27. The van der Waals surface area contributed by atoms with Gasteiger partial charge in [-0.1, -0.05) is 44.2 Å². The molecular weight excluding hydrogens is 430 g/mol. The van der Waals surface area contributed by atoms with Gasteiger partial charge in [0.1, 0.15) is 5.01 Å². The van der Waals surface area contributed by atoms with Crippen LogP contribution in [0.25, 0.3) is 10.2 Å². The second-order valence-corrected chi connectivity index (χ2v) is 8.72. The number of aromatic nitrogens is 1. The normalized spacial score (nSPS) is 10.7. The summed E-state index contributed by atoms with van der Waals surface area (Å²) in [6.45, 7) is 7.32. The molecule has 1 aromatic heterocycles. The van der Waals surface area contributed by atoms with E-state index in [0.29, 0.717) is 19.0 Å². The van der Waals surface area contributed by atoms with E-state index < -0.39 is 11.9 Å². The van der Waals surface area contributed by atoms with Gasteiger partial charge in [-0.15, -0.1) is 11.3 Å². The predicted molar refractivity (Wildman–Crippen MR) is 125 cm³/mol.